The third-order valence-electron chi connectivity index (χ3n) is 4.83. The van der Waals surface area contributed by atoms with Gasteiger partial charge in [0.2, 0.25) is 5.91 Å². The van der Waals surface area contributed by atoms with Crippen LogP contribution in [0.4, 0.5) is 5.69 Å². The van der Waals surface area contributed by atoms with Crippen LogP contribution in [0.25, 0.3) is 22.2 Å². The third kappa shape index (κ3) is 3.51. The minimum Gasteiger partial charge on any atom is -0.324 e. The van der Waals surface area contributed by atoms with E-state index in [0.717, 1.165) is 40.0 Å². The van der Waals surface area contributed by atoms with E-state index in [1.807, 2.05) is 55.5 Å². The molecule has 2 heterocycles. The van der Waals surface area contributed by atoms with Gasteiger partial charge in [-0.3, -0.25) is 4.79 Å². The monoisotopic (exact) mass is 370 g/mol. The highest BCUT2D eigenvalue weighted by molar-refractivity contribution is 5.96. The first-order chi connectivity index (χ1) is 13.7. The van der Waals surface area contributed by atoms with Gasteiger partial charge in [-0.25, -0.2) is 9.67 Å². The van der Waals surface area contributed by atoms with E-state index in [9.17, 15) is 4.79 Å². The van der Waals surface area contributed by atoms with Crippen LogP contribution in [0, 0.1) is 6.92 Å². The van der Waals surface area contributed by atoms with Crippen LogP contribution in [0.1, 0.15) is 18.2 Å². The predicted octanol–water partition coefficient (Wildman–Crippen LogP) is 4.61. The van der Waals surface area contributed by atoms with Crippen molar-refractivity contribution in [1.82, 2.24) is 14.8 Å². The second-order valence-corrected chi connectivity index (χ2v) is 6.76. The first-order valence-electron chi connectivity index (χ1n) is 9.42. The molecule has 2 aromatic heterocycles. The van der Waals surface area contributed by atoms with Crippen molar-refractivity contribution in [3.63, 3.8) is 0 Å². The SMILES string of the molecule is CCc1ccc(NC(=O)Cn2nc(C)c3c(-c4ccccc4)ccnc32)cc1. The van der Waals surface area contributed by atoms with Gasteiger partial charge < -0.3 is 5.32 Å². The van der Waals surface area contributed by atoms with Crippen molar-refractivity contribution in [1.29, 1.82) is 0 Å². The fraction of sp³-hybridized carbons (Fsp3) is 0.174. The quantitative estimate of drug-likeness (QED) is 0.558. The molecule has 2 aromatic carbocycles. The number of aromatic nitrogens is 3. The van der Waals surface area contributed by atoms with Crippen LogP contribution in [-0.2, 0) is 17.8 Å². The minimum absolute atomic E-state index is 0.116. The lowest BCUT2D eigenvalue weighted by molar-refractivity contribution is -0.116. The Balaban J connectivity index is 1.61. The van der Waals surface area contributed by atoms with Crippen LogP contribution in [0.3, 0.4) is 0 Å². The summed E-state index contributed by atoms with van der Waals surface area (Å²) in [5, 5.41) is 8.49. The standard InChI is InChI=1S/C23H22N4O/c1-3-17-9-11-19(12-10-17)25-21(28)15-27-23-22(16(2)26-27)20(13-14-24-23)18-7-5-4-6-8-18/h4-14H,3,15H2,1-2H3,(H,25,28). The van der Waals surface area contributed by atoms with E-state index in [0.29, 0.717) is 0 Å². The number of carbonyl (C=O) groups excluding carboxylic acids is 1. The smallest absolute Gasteiger partial charge is 0.246 e. The number of hydrogen-bond donors (Lipinski definition) is 1. The fourth-order valence-electron chi connectivity index (χ4n) is 3.41. The summed E-state index contributed by atoms with van der Waals surface area (Å²) >= 11 is 0. The molecule has 5 heteroatoms. The van der Waals surface area contributed by atoms with Gasteiger partial charge in [0.1, 0.15) is 6.54 Å². The van der Waals surface area contributed by atoms with Gasteiger partial charge in [0, 0.05) is 17.3 Å². The Morgan fingerprint density at radius 1 is 1.04 bits per heavy atom. The Morgan fingerprint density at radius 3 is 2.50 bits per heavy atom. The maximum Gasteiger partial charge on any atom is 0.246 e. The van der Waals surface area contributed by atoms with Crippen LogP contribution in [-0.4, -0.2) is 20.7 Å². The number of nitrogens with zero attached hydrogens (tertiary/aromatic N) is 3. The molecule has 0 spiro atoms. The zero-order valence-corrected chi connectivity index (χ0v) is 16.0. The molecule has 0 aliphatic carbocycles. The Hall–Kier alpha value is -3.47. The van der Waals surface area contributed by atoms with Gasteiger partial charge in [-0.15, -0.1) is 0 Å². The molecule has 1 N–H and O–H groups in total. The predicted molar refractivity (Wildman–Crippen MR) is 112 cm³/mol. The topological polar surface area (TPSA) is 59.8 Å². The van der Waals surface area contributed by atoms with Crippen molar-refractivity contribution in [3.8, 4) is 11.1 Å². The van der Waals surface area contributed by atoms with E-state index < -0.39 is 0 Å². The minimum atomic E-state index is -0.124. The lowest BCUT2D eigenvalue weighted by Gasteiger charge is -2.07. The molecule has 0 fully saturated rings. The molecule has 0 aliphatic heterocycles. The van der Waals surface area contributed by atoms with Gasteiger partial charge in [0.25, 0.3) is 0 Å². The van der Waals surface area contributed by atoms with Crippen LogP contribution in [0.2, 0.25) is 0 Å². The maximum absolute atomic E-state index is 12.5. The Bertz CT molecular complexity index is 1110. The number of benzene rings is 2. The first kappa shape index (κ1) is 17.9. The summed E-state index contributed by atoms with van der Waals surface area (Å²) in [5.74, 6) is -0.124. The van der Waals surface area contributed by atoms with Gasteiger partial charge in [0.05, 0.1) is 5.69 Å². The Kier molecular flexibility index (Phi) is 4.89. The number of carbonyl (C=O) groups is 1. The van der Waals surface area contributed by atoms with Gasteiger partial charge in [-0.1, -0.05) is 49.4 Å². The number of pyridine rings is 1. The van der Waals surface area contributed by atoms with Crippen molar-refractivity contribution in [2.24, 2.45) is 0 Å². The van der Waals surface area contributed by atoms with Crippen molar-refractivity contribution < 1.29 is 4.79 Å². The first-order valence-corrected chi connectivity index (χ1v) is 9.42. The number of nitrogens with one attached hydrogen (secondary N) is 1. The fourth-order valence-corrected chi connectivity index (χ4v) is 3.41. The summed E-state index contributed by atoms with van der Waals surface area (Å²) in [6.45, 7) is 4.18. The third-order valence-corrected chi connectivity index (χ3v) is 4.83. The lowest BCUT2D eigenvalue weighted by atomic mass is 10.0. The molecule has 0 bridgehead atoms. The van der Waals surface area contributed by atoms with E-state index in [4.69, 9.17) is 0 Å². The highest BCUT2D eigenvalue weighted by Crippen LogP contribution is 2.29. The summed E-state index contributed by atoms with van der Waals surface area (Å²) in [4.78, 5) is 17.0. The molecule has 0 radical (unpaired) electrons. The van der Waals surface area contributed by atoms with Crippen molar-refractivity contribution in [2.75, 3.05) is 5.32 Å². The summed E-state index contributed by atoms with van der Waals surface area (Å²) in [6.07, 6.45) is 2.74. The second kappa shape index (κ2) is 7.64. The number of amides is 1. The molecular formula is C23H22N4O. The largest absolute Gasteiger partial charge is 0.324 e. The number of anilines is 1. The van der Waals surface area contributed by atoms with Crippen LogP contribution >= 0.6 is 0 Å². The molecule has 0 aliphatic rings. The van der Waals surface area contributed by atoms with Crippen molar-refractivity contribution in [3.05, 3.63) is 78.1 Å². The van der Waals surface area contributed by atoms with E-state index in [2.05, 4.69) is 34.5 Å². The summed E-state index contributed by atoms with van der Waals surface area (Å²) in [5.41, 5.74) is 5.79. The van der Waals surface area contributed by atoms with E-state index in [1.165, 1.54) is 5.56 Å². The molecule has 0 unspecified atom stereocenters. The molecule has 1 amide bonds. The molecule has 4 rings (SSSR count). The Labute approximate surface area is 164 Å². The molecular weight excluding hydrogens is 348 g/mol. The number of hydrogen-bond acceptors (Lipinski definition) is 3. The van der Waals surface area contributed by atoms with Crippen LogP contribution in [0.15, 0.2) is 66.9 Å². The lowest BCUT2D eigenvalue weighted by Crippen LogP contribution is -2.19. The van der Waals surface area contributed by atoms with E-state index in [-0.39, 0.29) is 12.5 Å². The van der Waals surface area contributed by atoms with E-state index in [1.54, 1.807) is 10.9 Å². The zero-order chi connectivity index (χ0) is 19.5. The van der Waals surface area contributed by atoms with Gasteiger partial charge in [-0.05, 0) is 48.2 Å². The number of fused-ring (bicyclic) bond motifs is 1. The normalized spacial score (nSPS) is 10.9. The van der Waals surface area contributed by atoms with Gasteiger partial charge in [-0.2, -0.15) is 5.10 Å². The van der Waals surface area contributed by atoms with Gasteiger partial charge >= 0.3 is 0 Å². The van der Waals surface area contributed by atoms with Crippen molar-refractivity contribution in [2.45, 2.75) is 26.8 Å². The maximum atomic E-state index is 12.5. The summed E-state index contributed by atoms with van der Waals surface area (Å²) < 4.78 is 1.67. The molecule has 0 saturated heterocycles. The molecule has 140 valence electrons. The molecule has 5 nitrogen and oxygen atoms in total. The highest BCUT2D eigenvalue weighted by atomic mass is 16.2. The molecule has 28 heavy (non-hydrogen) atoms. The van der Waals surface area contributed by atoms with Crippen LogP contribution < -0.4 is 5.32 Å². The average Bonchev–Trinajstić information content (AvgIpc) is 3.04. The Morgan fingerprint density at radius 2 is 1.79 bits per heavy atom. The highest BCUT2D eigenvalue weighted by Gasteiger charge is 2.15. The van der Waals surface area contributed by atoms with Crippen molar-refractivity contribution >= 4 is 22.6 Å². The molecule has 0 atom stereocenters. The number of aryl methyl sites for hydroxylation is 2. The average molecular weight is 370 g/mol. The number of rotatable bonds is 5. The molecule has 4 aromatic rings. The zero-order valence-electron chi connectivity index (χ0n) is 16.0. The van der Waals surface area contributed by atoms with Crippen LogP contribution in [0.5, 0.6) is 0 Å². The van der Waals surface area contributed by atoms with E-state index >= 15 is 0 Å². The second-order valence-electron chi connectivity index (χ2n) is 6.76. The summed E-state index contributed by atoms with van der Waals surface area (Å²) in [6, 6.07) is 20.0. The molecule has 0 saturated carbocycles. The summed E-state index contributed by atoms with van der Waals surface area (Å²) in [7, 11) is 0. The van der Waals surface area contributed by atoms with Gasteiger partial charge in [0.15, 0.2) is 5.65 Å².